The van der Waals surface area contributed by atoms with Gasteiger partial charge in [0.05, 0.1) is 6.10 Å². The highest BCUT2D eigenvalue weighted by Gasteiger charge is 2.27. The molecule has 0 saturated carbocycles. The van der Waals surface area contributed by atoms with Crippen LogP contribution in [0.2, 0.25) is 0 Å². The summed E-state index contributed by atoms with van der Waals surface area (Å²) in [5.41, 5.74) is 0. The van der Waals surface area contributed by atoms with Crippen LogP contribution >= 0.6 is 0 Å². The second kappa shape index (κ2) is 3.50. The van der Waals surface area contributed by atoms with Crippen LogP contribution in [-0.2, 0) is 4.79 Å². The van der Waals surface area contributed by atoms with Gasteiger partial charge in [-0.2, -0.15) is 0 Å². The van der Waals surface area contributed by atoms with Crippen LogP contribution in [0.25, 0.3) is 0 Å². The molecule has 0 aromatic carbocycles. The molecule has 1 heterocycles. The Balaban J connectivity index is 0.000000810. The van der Waals surface area contributed by atoms with Crippen molar-refractivity contribution in [3.8, 4) is 0 Å². The third kappa shape index (κ3) is 1.94. The SMILES string of the molecule is O.O=C(O)[C@@H]1C[C@@H](O)CN1. The lowest BCUT2D eigenvalue weighted by atomic mass is 10.2. The summed E-state index contributed by atoms with van der Waals surface area (Å²) in [6.45, 7) is 0.400. The quantitative estimate of drug-likeness (QED) is 0.400. The van der Waals surface area contributed by atoms with Gasteiger partial charge in [0.2, 0.25) is 0 Å². The van der Waals surface area contributed by atoms with Gasteiger partial charge in [0.1, 0.15) is 6.04 Å². The van der Waals surface area contributed by atoms with Gasteiger partial charge in [-0.1, -0.05) is 0 Å². The molecule has 1 saturated heterocycles. The first kappa shape index (κ1) is 9.35. The fourth-order valence-corrected chi connectivity index (χ4v) is 0.905. The van der Waals surface area contributed by atoms with E-state index < -0.39 is 18.1 Å². The molecule has 0 spiro atoms. The van der Waals surface area contributed by atoms with Gasteiger partial charge in [0.25, 0.3) is 0 Å². The van der Waals surface area contributed by atoms with E-state index in [0.717, 1.165) is 0 Å². The highest BCUT2D eigenvalue weighted by molar-refractivity contribution is 5.73. The highest BCUT2D eigenvalue weighted by Crippen LogP contribution is 2.05. The zero-order valence-electron chi connectivity index (χ0n) is 5.37. The van der Waals surface area contributed by atoms with Crippen molar-refractivity contribution < 1.29 is 20.5 Å². The number of aliphatic carboxylic acids is 1. The van der Waals surface area contributed by atoms with E-state index in [0.29, 0.717) is 13.0 Å². The lowest BCUT2D eigenvalue weighted by molar-refractivity contribution is -0.139. The summed E-state index contributed by atoms with van der Waals surface area (Å²) >= 11 is 0. The number of hydrogen-bond donors (Lipinski definition) is 3. The molecule has 0 amide bonds. The molecule has 1 aliphatic heterocycles. The number of nitrogens with one attached hydrogen (secondary N) is 1. The molecular formula is C5H11NO4. The Morgan fingerprint density at radius 2 is 2.20 bits per heavy atom. The lowest BCUT2D eigenvalue weighted by Crippen LogP contribution is -2.29. The van der Waals surface area contributed by atoms with E-state index in [1.54, 1.807) is 0 Å². The summed E-state index contributed by atoms with van der Waals surface area (Å²) < 4.78 is 0. The first-order chi connectivity index (χ1) is 4.20. The van der Waals surface area contributed by atoms with E-state index in [2.05, 4.69) is 5.32 Å². The van der Waals surface area contributed by atoms with Gasteiger partial charge < -0.3 is 21.0 Å². The van der Waals surface area contributed by atoms with Gasteiger partial charge in [0, 0.05) is 13.0 Å². The number of rotatable bonds is 1. The van der Waals surface area contributed by atoms with Crippen LogP contribution in [-0.4, -0.2) is 40.3 Å². The first-order valence-electron chi connectivity index (χ1n) is 2.84. The molecule has 60 valence electrons. The molecule has 5 heteroatoms. The Labute approximate surface area is 58.0 Å². The third-order valence-electron chi connectivity index (χ3n) is 1.41. The van der Waals surface area contributed by atoms with Crippen molar-refractivity contribution in [3.05, 3.63) is 0 Å². The molecule has 5 N–H and O–H groups in total. The highest BCUT2D eigenvalue weighted by atomic mass is 16.4. The monoisotopic (exact) mass is 149 g/mol. The summed E-state index contributed by atoms with van der Waals surface area (Å²) in [6, 6.07) is -0.542. The molecule has 0 aliphatic carbocycles. The molecule has 1 rings (SSSR count). The topological polar surface area (TPSA) is 101 Å². The molecule has 0 aromatic heterocycles. The zero-order chi connectivity index (χ0) is 6.85. The number of aliphatic hydroxyl groups is 1. The second-order valence-electron chi connectivity index (χ2n) is 2.19. The molecule has 10 heavy (non-hydrogen) atoms. The van der Waals surface area contributed by atoms with E-state index >= 15 is 0 Å². The van der Waals surface area contributed by atoms with Crippen LogP contribution in [0, 0.1) is 0 Å². The van der Waals surface area contributed by atoms with Crippen LogP contribution in [0.4, 0.5) is 0 Å². The fourth-order valence-electron chi connectivity index (χ4n) is 0.905. The molecule has 5 nitrogen and oxygen atoms in total. The minimum Gasteiger partial charge on any atom is -0.480 e. The Hall–Kier alpha value is -0.650. The van der Waals surface area contributed by atoms with Crippen molar-refractivity contribution in [2.45, 2.75) is 18.6 Å². The average molecular weight is 149 g/mol. The van der Waals surface area contributed by atoms with E-state index in [1.165, 1.54) is 0 Å². The van der Waals surface area contributed by atoms with Crippen LogP contribution in [0.5, 0.6) is 0 Å². The summed E-state index contributed by atoms with van der Waals surface area (Å²) in [5.74, 6) is -0.883. The number of β-amino-alcohol motifs (C(OH)–C–C–N with tert-alkyl or cyclic N) is 1. The van der Waals surface area contributed by atoms with Gasteiger partial charge in [-0.15, -0.1) is 0 Å². The van der Waals surface area contributed by atoms with Crippen molar-refractivity contribution in [2.75, 3.05) is 6.54 Å². The number of carbonyl (C=O) groups is 1. The van der Waals surface area contributed by atoms with E-state index in [4.69, 9.17) is 10.2 Å². The standard InChI is InChI=1S/C5H9NO3.H2O/c7-3-1-4(5(8)9)6-2-3;/h3-4,6-7H,1-2H2,(H,8,9);1H2/t3-,4+;/m1./s1. The fraction of sp³-hybridized carbons (Fsp3) is 0.800. The Morgan fingerprint density at radius 1 is 1.60 bits per heavy atom. The molecule has 0 bridgehead atoms. The molecule has 2 atom stereocenters. The molecule has 1 aliphatic rings. The van der Waals surface area contributed by atoms with Crippen molar-refractivity contribution in [2.24, 2.45) is 0 Å². The molecule has 0 aromatic rings. The van der Waals surface area contributed by atoms with Crippen LogP contribution in [0.1, 0.15) is 6.42 Å². The minimum atomic E-state index is -0.883. The maximum atomic E-state index is 10.2. The normalized spacial score (nSPS) is 31.3. The van der Waals surface area contributed by atoms with Gasteiger partial charge >= 0.3 is 5.97 Å². The number of aliphatic hydroxyl groups excluding tert-OH is 1. The summed E-state index contributed by atoms with van der Waals surface area (Å²) in [7, 11) is 0. The van der Waals surface area contributed by atoms with E-state index in [9.17, 15) is 4.79 Å². The van der Waals surface area contributed by atoms with E-state index in [1.807, 2.05) is 0 Å². The zero-order valence-corrected chi connectivity index (χ0v) is 5.37. The van der Waals surface area contributed by atoms with Crippen molar-refractivity contribution in [1.29, 1.82) is 0 Å². The van der Waals surface area contributed by atoms with E-state index in [-0.39, 0.29) is 5.48 Å². The smallest absolute Gasteiger partial charge is 0.320 e. The number of carboxylic acids is 1. The first-order valence-corrected chi connectivity index (χ1v) is 2.84. The predicted molar refractivity (Wildman–Crippen MR) is 33.7 cm³/mol. The predicted octanol–water partition coefficient (Wildman–Crippen LogP) is -2.03. The van der Waals surface area contributed by atoms with Crippen LogP contribution in [0.15, 0.2) is 0 Å². The number of carboxylic acid groups (broad SMARTS) is 1. The second-order valence-corrected chi connectivity index (χ2v) is 2.19. The lowest BCUT2D eigenvalue weighted by Gasteiger charge is -1.99. The third-order valence-corrected chi connectivity index (χ3v) is 1.41. The Morgan fingerprint density at radius 3 is 2.40 bits per heavy atom. The van der Waals surface area contributed by atoms with Crippen LogP contribution < -0.4 is 5.32 Å². The maximum Gasteiger partial charge on any atom is 0.320 e. The van der Waals surface area contributed by atoms with Gasteiger partial charge in [-0.3, -0.25) is 4.79 Å². The molecule has 1 fully saturated rings. The Kier molecular flexibility index (Phi) is 3.27. The van der Waals surface area contributed by atoms with Crippen molar-refractivity contribution >= 4 is 5.97 Å². The van der Waals surface area contributed by atoms with Crippen molar-refractivity contribution in [1.82, 2.24) is 5.32 Å². The van der Waals surface area contributed by atoms with Gasteiger partial charge in [-0.25, -0.2) is 0 Å². The molecule has 0 unspecified atom stereocenters. The summed E-state index contributed by atoms with van der Waals surface area (Å²) in [5, 5.41) is 19.8. The molecular weight excluding hydrogens is 138 g/mol. The summed E-state index contributed by atoms with van der Waals surface area (Å²) in [6.07, 6.45) is -0.152. The van der Waals surface area contributed by atoms with Crippen LogP contribution in [0.3, 0.4) is 0 Å². The minimum absolute atomic E-state index is 0. The van der Waals surface area contributed by atoms with Crippen molar-refractivity contribution in [3.63, 3.8) is 0 Å². The molecule has 0 radical (unpaired) electrons. The summed E-state index contributed by atoms with van der Waals surface area (Å²) in [4.78, 5) is 10.2. The largest absolute Gasteiger partial charge is 0.480 e. The maximum absolute atomic E-state index is 10.2. The Bertz CT molecular complexity index is 127. The van der Waals surface area contributed by atoms with Gasteiger partial charge in [-0.05, 0) is 0 Å². The number of hydrogen-bond acceptors (Lipinski definition) is 3. The van der Waals surface area contributed by atoms with Gasteiger partial charge in [0.15, 0.2) is 0 Å². The average Bonchev–Trinajstić information content (AvgIpc) is 2.14.